The minimum absolute atomic E-state index is 0.0185. The number of hydrogen-bond acceptors (Lipinski definition) is 5. The number of anilines is 1. The Bertz CT molecular complexity index is 612. The lowest BCUT2D eigenvalue weighted by Crippen LogP contribution is -2.13. The molecule has 88 valence electrons. The molecule has 0 spiro atoms. The Labute approximate surface area is 99.4 Å². The van der Waals surface area contributed by atoms with Gasteiger partial charge in [-0.05, 0) is 12.8 Å². The Morgan fingerprint density at radius 1 is 1.47 bits per heavy atom. The van der Waals surface area contributed by atoms with Crippen molar-refractivity contribution in [3.8, 4) is 0 Å². The van der Waals surface area contributed by atoms with E-state index >= 15 is 0 Å². The van der Waals surface area contributed by atoms with E-state index in [1.165, 1.54) is 11.3 Å². The largest absolute Gasteiger partial charge is 0.364 e. The number of carbonyl (C=O) groups is 2. The van der Waals surface area contributed by atoms with Gasteiger partial charge in [0.2, 0.25) is 5.91 Å². The van der Waals surface area contributed by atoms with Crippen molar-refractivity contribution in [1.29, 1.82) is 0 Å². The van der Waals surface area contributed by atoms with Crippen LogP contribution >= 0.6 is 11.3 Å². The first-order valence-electron chi connectivity index (χ1n) is 5.10. The maximum Gasteiger partial charge on any atom is 0.270 e. The van der Waals surface area contributed by atoms with Crippen LogP contribution in [0.3, 0.4) is 0 Å². The lowest BCUT2D eigenvalue weighted by Gasteiger charge is -1.97. The highest BCUT2D eigenvalue weighted by Gasteiger charge is 2.30. The molecule has 7 nitrogen and oxygen atoms in total. The molecule has 17 heavy (non-hydrogen) atoms. The topological polar surface area (TPSA) is 114 Å². The molecule has 2 aromatic rings. The van der Waals surface area contributed by atoms with Crippen LogP contribution in [0.5, 0.6) is 0 Å². The predicted molar refractivity (Wildman–Crippen MR) is 61.6 cm³/mol. The van der Waals surface area contributed by atoms with Crippen molar-refractivity contribution in [2.75, 3.05) is 5.32 Å². The van der Waals surface area contributed by atoms with Crippen LogP contribution in [0.2, 0.25) is 0 Å². The number of primary amides is 1. The first-order chi connectivity index (χ1) is 8.15. The highest BCUT2D eigenvalue weighted by atomic mass is 32.1. The molecule has 0 radical (unpaired) electrons. The van der Waals surface area contributed by atoms with Crippen LogP contribution in [-0.2, 0) is 4.79 Å². The zero-order valence-electron chi connectivity index (χ0n) is 8.69. The fourth-order valence-corrected chi connectivity index (χ4v) is 2.40. The predicted octanol–water partition coefficient (Wildman–Crippen LogP) is 0.467. The van der Waals surface area contributed by atoms with E-state index in [1.54, 1.807) is 0 Å². The van der Waals surface area contributed by atoms with Crippen molar-refractivity contribution < 1.29 is 9.59 Å². The van der Waals surface area contributed by atoms with Gasteiger partial charge in [0.25, 0.3) is 5.91 Å². The van der Waals surface area contributed by atoms with Gasteiger partial charge >= 0.3 is 0 Å². The molecule has 8 heteroatoms. The smallest absolute Gasteiger partial charge is 0.270 e. The molecule has 0 aliphatic heterocycles. The monoisotopic (exact) mass is 251 g/mol. The summed E-state index contributed by atoms with van der Waals surface area (Å²) in [5.41, 5.74) is 5.79. The first kappa shape index (κ1) is 10.2. The number of nitrogens with two attached hydrogens (primary N) is 1. The van der Waals surface area contributed by atoms with Gasteiger partial charge in [-0.3, -0.25) is 14.7 Å². The number of thiazole rings is 1. The molecule has 3 rings (SSSR count). The minimum Gasteiger partial charge on any atom is -0.364 e. The molecular weight excluding hydrogens is 242 g/mol. The van der Waals surface area contributed by atoms with E-state index in [-0.39, 0.29) is 17.5 Å². The van der Waals surface area contributed by atoms with Gasteiger partial charge in [-0.2, -0.15) is 5.10 Å². The van der Waals surface area contributed by atoms with Crippen LogP contribution in [0, 0.1) is 5.92 Å². The van der Waals surface area contributed by atoms with Gasteiger partial charge in [0.1, 0.15) is 4.70 Å². The second-order valence-electron chi connectivity index (χ2n) is 3.90. The summed E-state index contributed by atoms with van der Waals surface area (Å²) >= 11 is 1.19. The maximum absolute atomic E-state index is 11.5. The summed E-state index contributed by atoms with van der Waals surface area (Å²) in [6.45, 7) is 0. The van der Waals surface area contributed by atoms with Gasteiger partial charge in [0.15, 0.2) is 16.5 Å². The molecule has 0 bridgehead atoms. The van der Waals surface area contributed by atoms with Crippen molar-refractivity contribution in [1.82, 2.24) is 15.2 Å². The fourth-order valence-electron chi connectivity index (χ4n) is 1.49. The maximum atomic E-state index is 11.5. The molecule has 2 amide bonds. The van der Waals surface area contributed by atoms with Gasteiger partial charge in [-0.1, -0.05) is 11.3 Å². The van der Waals surface area contributed by atoms with E-state index in [1.807, 2.05) is 0 Å². The summed E-state index contributed by atoms with van der Waals surface area (Å²) in [5, 5.41) is 9.54. The third-order valence-corrected chi connectivity index (χ3v) is 3.51. The van der Waals surface area contributed by atoms with Crippen LogP contribution in [-0.4, -0.2) is 27.0 Å². The van der Waals surface area contributed by atoms with E-state index in [2.05, 4.69) is 20.5 Å². The van der Waals surface area contributed by atoms with Gasteiger partial charge in [-0.15, -0.1) is 0 Å². The number of aromatic nitrogens is 3. The van der Waals surface area contributed by atoms with Gasteiger partial charge in [-0.25, -0.2) is 4.98 Å². The third-order valence-electron chi connectivity index (χ3n) is 2.53. The van der Waals surface area contributed by atoms with Crippen LogP contribution < -0.4 is 11.1 Å². The Morgan fingerprint density at radius 2 is 2.24 bits per heavy atom. The van der Waals surface area contributed by atoms with E-state index in [0.717, 1.165) is 12.8 Å². The number of rotatable bonds is 3. The van der Waals surface area contributed by atoms with Crippen molar-refractivity contribution >= 4 is 38.6 Å². The zero-order valence-corrected chi connectivity index (χ0v) is 9.50. The van der Waals surface area contributed by atoms with Crippen LogP contribution in [0.15, 0.2) is 0 Å². The molecule has 0 aromatic carbocycles. The van der Waals surface area contributed by atoms with Crippen molar-refractivity contribution in [3.05, 3.63) is 5.69 Å². The van der Waals surface area contributed by atoms with E-state index < -0.39 is 5.91 Å². The standard InChI is InChI=1S/C9H9N5O2S/c10-6(15)4-5-7(14-13-4)11-9(17-5)12-8(16)3-1-2-3/h3H,1-2H2,(H2,10,15)(H2,11,12,13,14,16). The SMILES string of the molecule is NC(=O)c1n[nH]c2nc(NC(=O)C3CC3)sc12. The average molecular weight is 251 g/mol. The molecule has 1 aliphatic rings. The fraction of sp³-hybridized carbons (Fsp3) is 0.333. The molecular formula is C9H9N5O2S. The minimum atomic E-state index is -0.611. The number of hydrogen-bond donors (Lipinski definition) is 3. The molecule has 1 saturated carbocycles. The number of amides is 2. The van der Waals surface area contributed by atoms with Gasteiger partial charge in [0, 0.05) is 5.92 Å². The highest BCUT2D eigenvalue weighted by molar-refractivity contribution is 7.22. The number of nitrogens with zero attached hydrogens (tertiary/aromatic N) is 2. The second-order valence-corrected chi connectivity index (χ2v) is 4.90. The summed E-state index contributed by atoms with van der Waals surface area (Å²) in [6.07, 6.45) is 1.87. The highest BCUT2D eigenvalue weighted by Crippen LogP contribution is 2.32. The lowest BCUT2D eigenvalue weighted by molar-refractivity contribution is -0.117. The zero-order chi connectivity index (χ0) is 12.0. The molecule has 1 fully saturated rings. The number of nitrogens with one attached hydrogen (secondary N) is 2. The Balaban J connectivity index is 1.90. The van der Waals surface area contributed by atoms with E-state index in [4.69, 9.17) is 5.73 Å². The van der Waals surface area contributed by atoms with Crippen LogP contribution in [0.4, 0.5) is 5.13 Å². The summed E-state index contributed by atoms with van der Waals surface area (Å²) in [6, 6.07) is 0. The molecule has 4 N–H and O–H groups in total. The van der Waals surface area contributed by atoms with Crippen molar-refractivity contribution in [3.63, 3.8) is 0 Å². The molecule has 0 unspecified atom stereocenters. The molecule has 2 aromatic heterocycles. The molecule has 0 saturated heterocycles. The first-order valence-corrected chi connectivity index (χ1v) is 5.92. The Hall–Kier alpha value is -1.96. The van der Waals surface area contributed by atoms with Gasteiger partial charge < -0.3 is 11.1 Å². The van der Waals surface area contributed by atoms with Crippen LogP contribution in [0.25, 0.3) is 10.3 Å². The number of aromatic amines is 1. The molecule has 2 heterocycles. The number of fused-ring (bicyclic) bond motifs is 1. The number of carbonyl (C=O) groups excluding carboxylic acids is 2. The van der Waals surface area contributed by atoms with Crippen molar-refractivity contribution in [2.45, 2.75) is 12.8 Å². The van der Waals surface area contributed by atoms with Crippen LogP contribution in [0.1, 0.15) is 23.3 Å². The normalized spacial score (nSPS) is 15.1. The lowest BCUT2D eigenvalue weighted by atomic mass is 10.4. The third kappa shape index (κ3) is 1.76. The summed E-state index contributed by atoms with van der Waals surface area (Å²) in [4.78, 5) is 26.7. The molecule has 0 atom stereocenters. The quantitative estimate of drug-likeness (QED) is 0.735. The summed E-state index contributed by atoms with van der Waals surface area (Å²) < 4.78 is 0.573. The Morgan fingerprint density at radius 3 is 2.88 bits per heavy atom. The second kappa shape index (κ2) is 3.52. The van der Waals surface area contributed by atoms with Crippen molar-refractivity contribution in [2.24, 2.45) is 11.7 Å². The van der Waals surface area contributed by atoms with E-state index in [0.29, 0.717) is 15.5 Å². The van der Waals surface area contributed by atoms with Gasteiger partial charge in [0.05, 0.1) is 0 Å². The number of H-pyrrole nitrogens is 1. The summed E-state index contributed by atoms with van der Waals surface area (Å²) in [5.74, 6) is -0.513. The average Bonchev–Trinajstić information content (AvgIpc) is 2.93. The molecule has 1 aliphatic carbocycles. The Kier molecular flexibility index (Phi) is 2.11. The summed E-state index contributed by atoms with van der Waals surface area (Å²) in [7, 11) is 0. The van der Waals surface area contributed by atoms with E-state index in [9.17, 15) is 9.59 Å².